The number of rotatable bonds is 10. The van der Waals surface area contributed by atoms with Crippen LogP contribution < -0.4 is 19.1 Å². The molecule has 3 aromatic carbocycles. The lowest BCUT2D eigenvalue weighted by molar-refractivity contribution is -0.120. The fraction of sp³-hybridized carbons (Fsp3) is 0.240. The van der Waals surface area contributed by atoms with Crippen molar-refractivity contribution < 1.29 is 22.7 Å². The first-order chi connectivity index (χ1) is 15.8. The molecule has 0 radical (unpaired) electrons. The number of ether oxygens (including phenoxy) is 2. The van der Waals surface area contributed by atoms with Gasteiger partial charge in [-0.25, -0.2) is 8.42 Å². The van der Waals surface area contributed by atoms with Crippen molar-refractivity contribution in [1.82, 2.24) is 5.32 Å². The highest BCUT2D eigenvalue weighted by molar-refractivity contribution is 7.92. The van der Waals surface area contributed by atoms with Crippen molar-refractivity contribution in [3.63, 3.8) is 0 Å². The van der Waals surface area contributed by atoms with Crippen LogP contribution in [0.5, 0.6) is 11.5 Å². The second-order valence-corrected chi connectivity index (χ2v) is 9.18. The fourth-order valence-electron chi connectivity index (χ4n) is 3.30. The number of methoxy groups -OCH3 is 1. The molecule has 33 heavy (non-hydrogen) atoms. The molecule has 0 aromatic heterocycles. The zero-order chi connectivity index (χ0) is 23.8. The first-order valence-corrected chi connectivity index (χ1v) is 12.0. The summed E-state index contributed by atoms with van der Waals surface area (Å²) in [6.07, 6.45) is 0. The summed E-state index contributed by atoms with van der Waals surface area (Å²) >= 11 is 0. The van der Waals surface area contributed by atoms with Crippen LogP contribution in [0.25, 0.3) is 0 Å². The van der Waals surface area contributed by atoms with Crippen LogP contribution in [0, 0.1) is 0 Å². The Balaban J connectivity index is 1.82. The summed E-state index contributed by atoms with van der Waals surface area (Å²) in [6.45, 7) is 3.82. The lowest BCUT2D eigenvalue weighted by Crippen LogP contribution is -2.41. The number of para-hydroxylation sites is 1. The summed E-state index contributed by atoms with van der Waals surface area (Å²) in [6, 6.07) is 21.8. The van der Waals surface area contributed by atoms with Gasteiger partial charge in [-0.1, -0.05) is 30.3 Å². The zero-order valence-electron chi connectivity index (χ0n) is 18.9. The number of sulfonamides is 1. The van der Waals surface area contributed by atoms with Crippen molar-refractivity contribution in [2.75, 3.05) is 24.6 Å². The minimum Gasteiger partial charge on any atom is -0.497 e. The molecule has 7 nitrogen and oxygen atoms in total. The number of carbonyl (C=O) groups is 1. The first kappa shape index (κ1) is 24.1. The maximum atomic E-state index is 13.5. The second kappa shape index (κ2) is 10.9. The number of hydrogen-bond donors (Lipinski definition) is 1. The number of anilines is 1. The van der Waals surface area contributed by atoms with Crippen LogP contribution in [0.3, 0.4) is 0 Å². The van der Waals surface area contributed by atoms with Crippen molar-refractivity contribution >= 4 is 21.6 Å². The Morgan fingerprint density at radius 2 is 1.55 bits per heavy atom. The Morgan fingerprint density at radius 3 is 2.12 bits per heavy atom. The molecular weight excluding hydrogens is 440 g/mol. The van der Waals surface area contributed by atoms with Gasteiger partial charge >= 0.3 is 0 Å². The van der Waals surface area contributed by atoms with Gasteiger partial charge in [-0.2, -0.15) is 0 Å². The van der Waals surface area contributed by atoms with E-state index in [9.17, 15) is 13.2 Å². The van der Waals surface area contributed by atoms with Gasteiger partial charge in [0, 0.05) is 0 Å². The maximum absolute atomic E-state index is 13.5. The van der Waals surface area contributed by atoms with E-state index in [1.54, 1.807) is 49.6 Å². The first-order valence-electron chi connectivity index (χ1n) is 10.6. The number of nitrogens with one attached hydrogen (secondary N) is 1. The maximum Gasteiger partial charge on any atom is 0.264 e. The predicted molar refractivity (Wildman–Crippen MR) is 128 cm³/mol. The standard InChI is InChI=1S/C25H28N2O5S/c1-4-32-23-14-16-24(17-15-23)33(29,30)27(21-8-6-5-7-9-21)18-25(28)26-19(2)20-10-12-22(31-3)13-11-20/h5-17,19H,4,18H2,1-3H3,(H,26,28). The summed E-state index contributed by atoms with van der Waals surface area (Å²) in [4.78, 5) is 13.0. The number of carbonyl (C=O) groups excluding carboxylic acids is 1. The third-order valence-corrected chi connectivity index (χ3v) is 6.84. The summed E-state index contributed by atoms with van der Waals surface area (Å²) in [5.41, 5.74) is 1.28. The van der Waals surface area contributed by atoms with Crippen molar-refractivity contribution in [2.24, 2.45) is 0 Å². The molecule has 0 aliphatic rings. The minimum absolute atomic E-state index is 0.0748. The summed E-state index contributed by atoms with van der Waals surface area (Å²) in [5, 5.41) is 2.88. The summed E-state index contributed by atoms with van der Waals surface area (Å²) in [7, 11) is -2.40. The van der Waals surface area contributed by atoms with E-state index in [2.05, 4.69) is 5.32 Å². The van der Waals surface area contributed by atoms with Crippen LogP contribution in [0.4, 0.5) is 5.69 Å². The monoisotopic (exact) mass is 468 g/mol. The summed E-state index contributed by atoms with van der Waals surface area (Å²) < 4.78 is 38.6. The van der Waals surface area contributed by atoms with E-state index >= 15 is 0 Å². The lowest BCUT2D eigenvalue weighted by Gasteiger charge is -2.25. The van der Waals surface area contributed by atoms with Crippen LogP contribution in [0.2, 0.25) is 0 Å². The quantitative estimate of drug-likeness (QED) is 0.483. The molecule has 1 N–H and O–H groups in total. The number of amides is 1. The van der Waals surface area contributed by atoms with E-state index in [0.29, 0.717) is 23.8 Å². The molecule has 0 aliphatic heterocycles. The average Bonchev–Trinajstić information content (AvgIpc) is 2.83. The zero-order valence-corrected chi connectivity index (χ0v) is 19.7. The van der Waals surface area contributed by atoms with E-state index in [1.165, 1.54) is 12.1 Å². The van der Waals surface area contributed by atoms with Crippen LogP contribution in [0.1, 0.15) is 25.5 Å². The molecule has 3 aromatic rings. The molecule has 1 unspecified atom stereocenters. The van der Waals surface area contributed by atoms with Crippen molar-refractivity contribution in [2.45, 2.75) is 24.8 Å². The number of nitrogens with zero attached hydrogens (tertiary/aromatic N) is 1. The number of benzene rings is 3. The highest BCUT2D eigenvalue weighted by Gasteiger charge is 2.27. The summed E-state index contributed by atoms with van der Waals surface area (Å²) in [5.74, 6) is 0.874. The lowest BCUT2D eigenvalue weighted by atomic mass is 10.1. The largest absolute Gasteiger partial charge is 0.497 e. The van der Waals surface area contributed by atoms with E-state index in [0.717, 1.165) is 9.87 Å². The minimum atomic E-state index is -3.99. The van der Waals surface area contributed by atoms with E-state index in [1.807, 2.05) is 38.1 Å². The average molecular weight is 469 g/mol. The Bertz CT molecular complexity index is 1150. The van der Waals surface area contributed by atoms with Gasteiger partial charge < -0.3 is 14.8 Å². The van der Waals surface area contributed by atoms with E-state index < -0.39 is 15.9 Å². The highest BCUT2D eigenvalue weighted by Crippen LogP contribution is 2.25. The molecule has 0 spiro atoms. The molecule has 0 saturated carbocycles. The van der Waals surface area contributed by atoms with Crippen LogP contribution in [-0.2, 0) is 14.8 Å². The van der Waals surface area contributed by atoms with Gasteiger partial charge in [0.25, 0.3) is 10.0 Å². The van der Waals surface area contributed by atoms with Gasteiger partial charge in [0.1, 0.15) is 18.0 Å². The van der Waals surface area contributed by atoms with Gasteiger partial charge in [-0.05, 0) is 67.9 Å². The van der Waals surface area contributed by atoms with Gasteiger partial charge in [0.2, 0.25) is 5.91 Å². The highest BCUT2D eigenvalue weighted by atomic mass is 32.2. The Hall–Kier alpha value is -3.52. The van der Waals surface area contributed by atoms with Crippen LogP contribution in [0.15, 0.2) is 83.8 Å². The molecular formula is C25H28N2O5S. The molecule has 0 aliphatic carbocycles. The van der Waals surface area contributed by atoms with E-state index in [4.69, 9.17) is 9.47 Å². The number of hydrogen-bond acceptors (Lipinski definition) is 5. The van der Waals surface area contributed by atoms with Gasteiger partial charge in [-0.3, -0.25) is 9.10 Å². The molecule has 1 amide bonds. The molecule has 0 saturated heterocycles. The molecule has 3 rings (SSSR count). The Labute approximate surface area is 195 Å². The predicted octanol–water partition coefficient (Wildman–Crippen LogP) is 4.17. The van der Waals surface area contributed by atoms with Crippen LogP contribution in [-0.4, -0.2) is 34.6 Å². The fourth-order valence-corrected chi connectivity index (χ4v) is 4.73. The normalized spacial score (nSPS) is 12.0. The van der Waals surface area contributed by atoms with E-state index in [-0.39, 0.29) is 17.5 Å². The van der Waals surface area contributed by atoms with Crippen LogP contribution >= 0.6 is 0 Å². The van der Waals surface area contributed by atoms with Gasteiger partial charge in [0.15, 0.2) is 0 Å². The molecule has 174 valence electrons. The molecule has 0 fully saturated rings. The smallest absolute Gasteiger partial charge is 0.264 e. The van der Waals surface area contributed by atoms with Gasteiger partial charge in [0.05, 0.1) is 30.3 Å². The molecule has 8 heteroatoms. The Kier molecular flexibility index (Phi) is 7.95. The molecule has 0 heterocycles. The second-order valence-electron chi connectivity index (χ2n) is 7.31. The topological polar surface area (TPSA) is 84.9 Å². The van der Waals surface area contributed by atoms with Crippen molar-refractivity contribution in [3.8, 4) is 11.5 Å². The third-order valence-electron chi connectivity index (χ3n) is 5.05. The van der Waals surface area contributed by atoms with Crippen molar-refractivity contribution in [3.05, 3.63) is 84.4 Å². The SMILES string of the molecule is CCOc1ccc(S(=O)(=O)N(CC(=O)NC(C)c2ccc(OC)cc2)c2ccccc2)cc1. The molecule has 1 atom stereocenters. The third kappa shape index (κ3) is 6.04. The molecule has 0 bridgehead atoms. The Morgan fingerprint density at radius 1 is 0.939 bits per heavy atom. The van der Waals surface area contributed by atoms with Gasteiger partial charge in [-0.15, -0.1) is 0 Å². The van der Waals surface area contributed by atoms with Crippen molar-refractivity contribution in [1.29, 1.82) is 0 Å².